The van der Waals surface area contributed by atoms with Gasteiger partial charge >= 0.3 is 12.0 Å². The first kappa shape index (κ1) is 14.8. The number of hydrogen-bond acceptors (Lipinski definition) is 3. The lowest BCUT2D eigenvalue weighted by atomic mass is 9.99. The van der Waals surface area contributed by atoms with Crippen molar-refractivity contribution in [3.63, 3.8) is 0 Å². The maximum Gasteiger partial charge on any atom is 0.326 e. The van der Waals surface area contributed by atoms with E-state index in [1.807, 2.05) is 20.8 Å². The first-order chi connectivity index (χ1) is 8.26. The van der Waals surface area contributed by atoms with E-state index in [1.165, 1.54) is 4.90 Å². The number of urea groups is 1. The molecule has 1 fully saturated rings. The molecule has 1 aliphatic heterocycles. The van der Waals surface area contributed by atoms with Crippen molar-refractivity contribution in [2.75, 3.05) is 6.54 Å². The van der Waals surface area contributed by atoms with E-state index < -0.39 is 24.1 Å². The minimum Gasteiger partial charge on any atom is -0.480 e. The highest BCUT2D eigenvalue weighted by Gasteiger charge is 2.40. The van der Waals surface area contributed by atoms with Gasteiger partial charge in [-0.1, -0.05) is 13.3 Å². The number of carboxylic acids is 1. The minimum absolute atomic E-state index is 0.0744. The number of likely N-dealkylation sites (tertiary alicyclic amines) is 1. The van der Waals surface area contributed by atoms with Gasteiger partial charge in [-0.15, -0.1) is 0 Å². The van der Waals surface area contributed by atoms with Gasteiger partial charge in [0.1, 0.15) is 6.04 Å². The Morgan fingerprint density at radius 2 is 2.06 bits per heavy atom. The van der Waals surface area contributed by atoms with Crippen LogP contribution < -0.4 is 5.32 Å². The van der Waals surface area contributed by atoms with Crippen LogP contribution >= 0.6 is 0 Å². The van der Waals surface area contributed by atoms with Crippen LogP contribution in [0.2, 0.25) is 0 Å². The molecule has 1 saturated heterocycles. The van der Waals surface area contributed by atoms with Gasteiger partial charge in [0.05, 0.1) is 6.10 Å². The third-order valence-electron chi connectivity index (χ3n) is 3.15. The van der Waals surface area contributed by atoms with E-state index in [1.54, 1.807) is 0 Å². The molecule has 0 aromatic rings. The van der Waals surface area contributed by atoms with Gasteiger partial charge in [0.25, 0.3) is 0 Å². The maximum absolute atomic E-state index is 12.0. The van der Waals surface area contributed by atoms with Crippen LogP contribution in [0.1, 0.15) is 40.0 Å². The van der Waals surface area contributed by atoms with Crippen LogP contribution in [0.15, 0.2) is 0 Å². The molecule has 1 aliphatic rings. The minimum atomic E-state index is -1.07. The number of carbonyl (C=O) groups is 2. The Morgan fingerprint density at radius 1 is 1.44 bits per heavy atom. The van der Waals surface area contributed by atoms with Crippen LogP contribution in [0.5, 0.6) is 0 Å². The van der Waals surface area contributed by atoms with Crippen molar-refractivity contribution in [3.05, 3.63) is 0 Å². The summed E-state index contributed by atoms with van der Waals surface area (Å²) in [5.41, 5.74) is -0.373. The molecule has 18 heavy (non-hydrogen) atoms. The monoisotopic (exact) mass is 258 g/mol. The van der Waals surface area contributed by atoms with Crippen LogP contribution in [0.4, 0.5) is 4.79 Å². The molecule has 0 aromatic carbocycles. The smallest absolute Gasteiger partial charge is 0.326 e. The molecule has 1 heterocycles. The first-order valence-corrected chi connectivity index (χ1v) is 6.26. The summed E-state index contributed by atoms with van der Waals surface area (Å²) in [6, 6.07) is -1.35. The van der Waals surface area contributed by atoms with Crippen molar-refractivity contribution >= 4 is 12.0 Å². The number of carbonyl (C=O) groups excluding carboxylic acids is 1. The number of β-amino-alcohol motifs (C(OH)–C–C–N with tert-alkyl or cyclic N) is 1. The summed E-state index contributed by atoms with van der Waals surface area (Å²) < 4.78 is 0. The summed E-state index contributed by atoms with van der Waals surface area (Å²) in [4.78, 5) is 24.3. The number of aliphatic carboxylic acids is 1. The lowest BCUT2D eigenvalue weighted by molar-refractivity contribution is -0.141. The van der Waals surface area contributed by atoms with Crippen LogP contribution in [0, 0.1) is 0 Å². The van der Waals surface area contributed by atoms with Crippen molar-refractivity contribution in [1.82, 2.24) is 10.2 Å². The zero-order valence-electron chi connectivity index (χ0n) is 11.1. The van der Waals surface area contributed by atoms with Gasteiger partial charge in [-0.05, 0) is 20.3 Å². The van der Waals surface area contributed by atoms with Gasteiger partial charge in [-0.2, -0.15) is 0 Å². The van der Waals surface area contributed by atoms with E-state index in [0.29, 0.717) is 0 Å². The predicted molar refractivity (Wildman–Crippen MR) is 66.3 cm³/mol. The van der Waals surface area contributed by atoms with Crippen molar-refractivity contribution in [2.45, 2.75) is 57.7 Å². The average Bonchev–Trinajstić information content (AvgIpc) is 2.59. The lowest BCUT2D eigenvalue weighted by Gasteiger charge is -2.30. The summed E-state index contributed by atoms with van der Waals surface area (Å²) in [5.74, 6) is -1.07. The normalized spacial score (nSPS) is 24.1. The fraction of sp³-hybridized carbons (Fsp3) is 0.833. The topological polar surface area (TPSA) is 89.9 Å². The molecular formula is C12H22N2O4. The molecule has 2 atom stereocenters. The second-order valence-electron chi connectivity index (χ2n) is 5.46. The maximum atomic E-state index is 12.0. The van der Waals surface area contributed by atoms with Gasteiger partial charge in [0, 0.05) is 18.5 Å². The number of aliphatic hydroxyl groups is 1. The van der Waals surface area contributed by atoms with Gasteiger partial charge in [0.2, 0.25) is 0 Å². The summed E-state index contributed by atoms with van der Waals surface area (Å²) >= 11 is 0. The fourth-order valence-corrected chi connectivity index (χ4v) is 2.32. The van der Waals surface area contributed by atoms with Crippen LogP contribution in [-0.4, -0.2) is 51.3 Å². The number of aliphatic hydroxyl groups excluding tert-OH is 1. The third kappa shape index (κ3) is 3.60. The Morgan fingerprint density at radius 3 is 2.56 bits per heavy atom. The van der Waals surface area contributed by atoms with Crippen molar-refractivity contribution < 1.29 is 19.8 Å². The molecule has 0 aromatic heterocycles. The van der Waals surface area contributed by atoms with E-state index in [0.717, 1.165) is 12.8 Å². The zero-order chi connectivity index (χ0) is 13.9. The molecule has 0 radical (unpaired) electrons. The number of amides is 2. The van der Waals surface area contributed by atoms with E-state index in [-0.39, 0.29) is 18.5 Å². The van der Waals surface area contributed by atoms with Crippen LogP contribution in [0.25, 0.3) is 0 Å². The molecule has 0 bridgehead atoms. The largest absolute Gasteiger partial charge is 0.480 e. The Labute approximate surface area is 107 Å². The zero-order valence-corrected chi connectivity index (χ0v) is 11.1. The molecule has 104 valence electrons. The van der Waals surface area contributed by atoms with Crippen LogP contribution in [-0.2, 0) is 4.79 Å². The van der Waals surface area contributed by atoms with E-state index >= 15 is 0 Å². The van der Waals surface area contributed by atoms with Gasteiger partial charge < -0.3 is 20.4 Å². The van der Waals surface area contributed by atoms with Crippen molar-refractivity contribution in [3.8, 4) is 0 Å². The van der Waals surface area contributed by atoms with E-state index in [4.69, 9.17) is 5.11 Å². The first-order valence-electron chi connectivity index (χ1n) is 6.26. The standard InChI is InChI=1S/C12H22N2O4/c1-4-5-12(2,3)13-11(18)14-7-8(15)6-9(14)10(16)17/h8-9,15H,4-7H2,1-3H3,(H,13,18)(H,16,17). The Kier molecular flexibility index (Phi) is 4.56. The third-order valence-corrected chi connectivity index (χ3v) is 3.15. The molecule has 6 heteroatoms. The molecule has 2 unspecified atom stereocenters. The SMILES string of the molecule is CCCC(C)(C)NC(=O)N1CC(O)CC1C(=O)O. The predicted octanol–water partition coefficient (Wildman–Crippen LogP) is 0.794. The number of nitrogens with zero attached hydrogens (tertiary/aromatic N) is 1. The number of nitrogens with one attached hydrogen (secondary N) is 1. The summed E-state index contributed by atoms with van der Waals surface area (Å²) in [5, 5.41) is 21.3. The van der Waals surface area contributed by atoms with Crippen molar-refractivity contribution in [2.24, 2.45) is 0 Å². The molecular weight excluding hydrogens is 236 g/mol. The lowest BCUT2D eigenvalue weighted by Crippen LogP contribution is -2.53. The molecule has 3 N–H and O–H groups in total. The Bertz CT molecular complexity index is 330. The second kappa shape index (κ2) is 5.56. The second-order valence-corrected chi connectivity index (χ2v) is 5.46. The Hall–Kier alpha value is -1.30. The molecule has 6 nitrogen and oxygen atoms in total. The van der Waals surface area contributed by atoms with Gasteiger partial charge in [-0.25, -0.2) is 9.59 Å². The molecule has 0 saturated carbocycles. The van der Waals surface area contributed by atoms with E-state index in [9.17, 15) is 14.7 Å². The fourth-order valence-electron chi connectivity index (χ4n) is 2.32. The Balaban J connectivity index is 2.68. The molecule has 0 aliphatic carbocycles. The molecule has 1 rings (SSSR count). The molecule has 2 amide bonds. The van der Waals surface area contributed by atoms with E-state index in [2.05, 4.69) is 5.32 Å². The highest BCUT2D eigenvalue weighted by atomic mass is 16.4. The average molecular weight is 258 g/mol. The quantitative estimate of drug-likeness (QED) is 0.695. The van der Waals surface area contributed by atoms with Gasteiger partial charge in [-0.3, -0.25) is 0 Å². The summed E-state index contributed by atoms with van der Waals surface area (Å²) in [6.07, 6.45) is 1.08. The highest BCUT2D eigenvalue weighted by molar-refractivity contribution is 5.83. The summed E-state index contributed by atoms with van der Waals surface area (Å²) in [6.45, 7) is 5.89. The highest BCUT2D eigenvalue weighted by Crippen LogP contribution is 2.20. The number of hydrogen-bond donors (Lipinski definition) is 3. The van der Waals surface area contributed by atoms with Crippen molar-refractivity contribution in [1.29, 1.82) is 0 Å². The summed E-state index contributed by atoms with van der Waals surface area (Å²) in [7, 11) is 0. The number of rotatable bonds is 4. The molecule has 0 spiro atoms. The van der Waals surface area contributed by atoms with Gasteiger partial charge in [0.15, 0.2) is 0 Å². The van der Waals surface area contributed by atoms with Crippen LogP contribution in [0.3, 0.4) is 0 Å². The number of carboxylic acid groups (broad SMARTS) is 1.